The van der Waals surface area contributed by atoms with Crippen molar-refractivity contribution in [2.45, 2.75) is 57.9 Å². The zero-order chi connectivity index (χ0) is 42.3. The molecule has 2 N–H and O–H groups in total. The second-order valence-corrected chi connectivity index (χ2v) is 14.2. The van der Waals surface area contributed by atoms with E-state index in [1.165, 1.54) is 44.6 Å². The molecule has 0 radical (unpaired) electrons. The molecule has 17 heteroatoms. The molecule has 0 bridgehead atoms. The van der Waals surface area contributed by atoms with Gasteiger partial charge in [-0.1, -0.05) is 69.2 Å². The molecule has 1 aliphatic rings. The third-order valence-electron chi connectivity index (χ3n) is 9.70. The van der Waals surface area contributed by atoms with Gasteiger partial charge in [0, 0.05) is 25.3 Å². The van der Waals surface area contributed by atoms with E-state index in [0.29, 0.717) is 124 Å². The molecule has 1 saturated carbocycles. The van der Waals surface area contributed by atoms with Crippen LogP contribution in [0.3, 0.4) is 0 Å². The van der Waals surface area contributed by atoms with Crippen molar-refractivity contribution < 1.29 is 52.2 Å². The predicted molar refractivity (Wildman–Crippen MR) is 225 cm³/mol. The van der Waals surface area contributed by atoms with Crippen molar-refractivity contribution >= 4 is 23.2 Å². The second-order valence-electron chi connectivity index (χ2n) is 14.2. The third-order valence-corrected chi connectivity index (χ3v) is 9.70. The number of nitrogens with one attached hydrogen (secondary N) is 2. The number of esters is 1. The van der Waals surface area contributed by atoms with E-state index in [0.717, 1.165) is 29.9 Å². The molecule has 4 rings (SSSR count). The van der Waals surface area contributed by atoms with Crippen molar-refractivity contribution in [1.82, 2.24) is 19.5 Å². The number of aromatic amines is 2. The first-order valence-corrected chi connectivity index (χ1v) is 21.3. The molecule has 0 unspecified atom stereocenters. The van der Waals surface area contributed by atoms with E-state index in [2.05, 4.69) is 15.0 Å². The first-order valence-electron chi connectivity index (χ1n) is 21.3. The topological polar surface area (TPSA) is 193 Å². The molecular weight excluding hydrogens is 780 g/mol. The Kier molecular flexibility index (Phi) is 25.4. The third kappa shape index (κ3) is 20.2. The first-order chi connectivity index (χ1) is 29.5. The van der Waals surface area contributed by atoms with Gasteiger partial charge in [-0.25, -0.2) is 14.6 Å². The fourth-order valence-corrected chi connectivity index (χ4v) is 6.60. The van der Waals surface area contributed by atoms with Crippen molar-refractivity contribution in [1.29, 1.82) is 0 Å². The summed E-state index contributed by atoms with van der Waals surface area (Å²) in [6.45, 7) is 8.77. The zero-order valence-electron chi connectivity index (χ0n) is 35.3. The summed E-state index contributed by atoms with van der Waals surface area (Å²) in [4.78, 5) is 46.7. The van der Waals surface area contributed by atoms with E-state index in [-0.39, 0.29) is 18.7 Å². The van der Waals surface area contributed by atoms with Crippen LogP contribution in [0.5, 0.6) is 0 Å². The summed E-state index contributed by atoms with van der Waals surface area (Å²) < 4.78 is 55.7. The number of benzene rings is 1. The second kappa shape index (κ2) is 31.1. The van der Waals surface area contributed by atoms with E-state index in [1.807, 2.05) is 28.8 Å². The van der Waals surface area contributed by atoms with Crippen LogP contribution in [0, 0.1) is 5.92 Å². The molecule has 0 saturated heterocycles. The number of unbranched alkanes of at least 4 members (excludes halogenated alkanes) is 1. The van der Waals surface area contributed by atoms with Gasteiger partial charge in [-0.15, -0.1) is 0 Å². The number of rotatable bonds is 35. The normalized spacial score (nSPS) is 13.6. The highest BCUT2D eigenvalue weighted by molar-refractivity contribution is 5.87. The molecule has 1 fully saturated rings. The fourth-order valence-electron chi connectivity index (χ4n) is 6.60. The Labute approximate surface area is 352 Å². The average molecular weight is 847 g/mol. The predicted octanol–water partition coefficient (Wildman–Crippen LogP) is 4.17. The van der Waals surface area contributed by atoms with Crippen LogP contribution in [0.1, 0.15) is 56.9 Å². The monoisotopic (exact) mass is 846 g/mol. The molecule has 0 aliphatic heterocycles. The van der Waals surface area contributed by atoms with Gasteiger partial charge in [0.1, 0.15) is 18.1 Å². The molecule has 0 spiro atoms. The summed E-state index contributed by atoms with van der Waals surface area (Å²) in [6.07, 6.45) is 12.8. The Morgan fingerprint density at radius 2 is 1.17 bits per heavy atom. The standard InChI is InChI=1S/C43H66N4O13/c1-51-17-18-52-19-20-53-21-22-54-23-24-55-25-26-56-27-28-57-29-30-58-31-32-59-33-34-60-38(48)15-12-36-10-13-37(14-11-36)40-44-39-41(45-43(50)46-42(39)49)47(40)16-6-5-9-35-7-3-2-4-8-35/h10-15,35H,2-9,16-34H2,1H3,(H2,45,46,49,50)/b15-12+. The smallest absolute Gasteiger partial charge is 0.330 e. The lowest BCUT2D eigenvalue weighted by Crippen LogP contribution is -2.22. The lowest BCUT2D eigenvalue weighted by atomic mass is 9.86. The summed E-state index contributed by atoms with van der Waals surface area (Å²) in [5.74, 6) is 0.922. The van der Waals surface area contributed by atoms with Crippen molar-refractivity contribution in [2.24, 2.45) is 5.92 Å². The minimum atomic E-state index is -0.556. The van der Waals surface area contributed by atoms with E-state index in [1.54, 1.807) is 13.2 Å². The van der Waals surface area contributed by atoms with E-state index < -0.39 is 17.2 Å². The molecule has 1 aromatic carbocycles. The number of nitrogens with zero attached hydrogens (tertiary/aromatic N) is 2. The maximum Gasteiger partial charge on any atom is 0.330 e. The van der Waals surface area contributed by atoms with Crippen LogP contribution < -0.4 is 11.2 Å². The van der Waals surface area contributed by atoms with Gasteiger partial charge >= 0.3 is 11.7 Å². The summed E-state index contributed by atoms with van der Waals surface area (Å²) in [5.41, 5.74) is 1.15. The summed E-state index contributed by atoms with van der Waals surface area (Å²) in [5, 5.41) is 0. The van der Waals surface area contributed by atoms with Gasteiger partial charge in [-0.05, 0) is 24.0 Å². The van der Waals surface area contributed by atoms with Crippen molar-refractivity contribution in [3.05, 3.63) is 56.7 Å². The number of hydrogen-bond donors (Lipinski definition) is 2. The number of aryl methyl sites for hydroxylation is 1. The SMILES string of the molecule is COCCOCCOCCOCCOCCOCCOCCOCCOCCOC(=O)/C=C/c1ccc(-c2nc3c(=O)[nH]c(=O)[nH]c3n2CCCCC2CCCCC2)cc1. The van der Waals surface area contributed by atoms with Gasteiger partial charge in [0.15, 0.2) is 5.52 Å². The van der Waals surface area contributed by atoms with Crippen LogP contribution in [0.15, 0.2) is 39.9 Å². The number of carbonyl (C=O) groups is 1. The Bertz CT molecular complexity index is 1720. The van der Waals surface area contributed by atoms with Gasteiger partial charge in [0.2, 0.25) is 0 Å². The molecule has 2 aromatic heterocycles. The maximum absolute atomic E-state index is 12.6. The molecule has 2 heterocycles. The molecule has 0 atom stereocenters. The average Bonchev–Trinajstić information content (AvgIpc) is 3.63. The van der Waals surface area contributed by atoms with Gasteiger partial charge in [-0.3, -0.25) is 14.8 Å². The highest BCUT2D eigenvalue weighted by atomic mass is 16.6. The quantitative estimate of drug-likeness (QED) is 0.0487. The largest absolute Gasteiger partial charge is 0.460 e. The minimum absolute atomic E-state index is 0.116. The maximum atomic E-state index is 12.6. The fraction of sp³-hybridized carbons (Fsp3) is 0.674. The van der Waals surface area contributed by atoms with Crippen LogP contribution in [-0.2, 0) is 58.7 Å². The van der Waals surface area contributed by atoms with Crippen LogP contribution >= 0.6 is 0 Å². The highest BCUT2D eigenvalue weighted by Crippen LogP contribution is 2.28. The van der Waals surface area contributed by atoms with Crippen molar-refractivity contribution in [3.8, 4) is 11.4 Å². The Morgan fingerprint density at radius 3 is 1.68 bits per heavy atom. The molecule has 17 nitrogen and oxygen atoms in total. The van der Waals surface area contributed by atoms with E-state index in [4.69, 9.17) is 47.4 Å². The highest BCUT2D eigenvalue weighted by Gasteiger charge is 2.17. The van der Waals surface area contributed by atoms with Crippen molar-refractivity contribution in [2.75, 3.05) is 126 Å². The Balaban J connectivity index is 0.971. The summed E-state index contributed by atoms with van der Waals surface area (Å²) in [6, 6.07) is 7.50. The summed E-state index contributed by atoms with van der Waals surface area (Å²) >= 11 is 0. The Morgan fingerprint density at radius 1 is 0.667 bits per heavy atom. The minimum Gasteiger partial charge on any atom is -0.460 e. The van der Waals surface area contributed by atoms with E-state index >= 15 is 0 Å². The number of hydrogen-bond acceptors (Lipinski definition) is 14. The van der Waals surface area contributed by atoms with Gasteiger partial charge < -0.3 is 51.9 Å². The number of carbonyl (C=O) groups excluding carboxylic acids is 1. The van der Waals surface area contributed by atoms with E-state index in [9.17, 15) is 14.4 Å². The van der Waals surface area contributed by atoms with Crippen molar-refractivity contribution in [3.63, 3.8) is 0 Å². The Hall–Kier alpha value is -3.78. The number of fused-ring (bicyclic) bond motifs is 1. The zero-order valence-corrected chi connectivity index (χ0v) is 35.3. The molecule has 336 valence electrons. The number of imidazole rings is 1. The lowest BCUT2D eigenvalue weighted by Gasteiger charge is -2.21. The number of aromatic nitrogens is 4. The van der Waals surface area contributed by atoms with Crippen LogP contribution in [-0.4, -0.2) is 152 Å². The molecule has 1 aliphatic carbocycles. The molecule has 0 amide bonds. The van der Waals surface area contributed by atoms with Crippen LogP contribution in [0.4, 0.5) is 0 Å². The number of ether oxygens (including phenoxy) is 10. The lowest BCUT2D eigenvalue weighted by molar-refractivity contribution is -0.139. The van der Waals surface area contributed by atoms with Gasteiger partial charge in [0.25, 0.3) is 5.56 Å². The number of H-pyrrole nitrogens is 2. The van der Waals surface area contributed by atoms with Crippen LogP contribution in [0.2, 0.25) is 0 Å². The van der Waals surface area contributed by atoms with Gasteiger partial charge in [-0.2, -0.15) is 0 Å². The number of methoxy groups -OCH3 is 1. The molecule has 60 heavy (non-hydrogen) atoms. The molecular formula is C43H66N4O13. The van der Waals surface area contributed by atoms with Crippen LogP contribution in [0.25, 0.3) is 28.6 Å². The first kappa shape index (κ1) is 48.9. The van der Waals surface area contributed by atoms with Gasteiger partial charge in [0.05, 0.1) is 112 Å². The molecule has 3 aromatic rings. The summed E-state index contributed by atoms with van der Waals surface area (Å²) in [7, 11) is 1.64.